The number of urea groups is 1. The Morgan fingerprint density at radius 1 is 1.39 bits per heavy atom. The van der Waals surface area contributed by atoms with Crippen molar-refractivity contribution in [3.8, 4) is 0 Å². The van der Waals surface area contributed by atoms with Gasteiger partial charge in [0.05, 0.1) is 13.2 Å². The Bertz CT molecular complexity index is 389. The summed E-state index contributed by atoms with van der Waals surface area (Å²) in [7, 11) is 3.33. The summed E-state index contributed by atoms with van der Waals surface area (Å²) in [5.74, 6) is 0.626. The number of carbonyl (C=O) groups excluding carboxylic acids is 1. The van der Waals surface area contributed by atoms with Gasteiger partial charge in [0.2, 0.25) is 0 Å². The molecule has 1 aromatic rings. The Labute approximate surface area is 107 Å². The Hall–Kier alpha value is -1.69. The molecule has 0 unspecified atom stereocenters. The third-order valence-electron chi connectivity index (χ3n) is 2.40. The van der Waals surface area contributed by atoms with Gasteiger partial charge in [0.15, 0.2) is 0 Å². The molecule has 6 heteroatoms. The van der Waals surface area contributed by atoms with Gasteiger partial charge in [-0.15, -0.1) is 0 Å². The number of amides is 2. The molecule has 0 saturated heterocycles. The fraction of sp³-hybridized carbons (Fsp3) is 0.583. The molecule has 1 N–H and O–H groups in total. The van der Waals surface area contributed by atoms with E-state index in [4.69, 9.17) is 4.74 Å². The summed E-state index contributed by atoms with van der Waals surface area (Å²) in [5.41, 5.74) is 1.80. The second-order valence-corrected chi connectivity index (χ2v) is 4.14. The van der Waals surface area contributed by atoms with E-state index in [0.717, 1.165) is 11.4 Å². The van der Waals surface area contributed by atoms with Gasteiger partial charge < -0.3 is 15.0 Å². The third kappa shape index (κ3) is 4.67. The maximum atomic E-state index is 11.7. The second-order valence-electron chi connectivity index (χ2n) is 4.14. The number of carbonyl (C=O) groups is 1. The van der Waals surface area contributed by atoms with Crippen LogP contribution in [0.5, 0.6) is 0 Å². The molecule has 0 aromatic carbocycles. The molecule has 0 fully saturated rings. The SMILES string of the molecule is COCCN(C)C(=O)NCc1nc(C)cc(C)n1. The normalized spacial score (nSPS) is 10.2. The van der Waals surface area contributed by atoms with Crippen molar-refractivity contribution in [1.29, 1.82) is 0 Å². The van der Waals surface area contributed by atoms with Crippen LogP contribution in [0.3, 0.4) is 0 Å². The number of hydrogen-bond donors (Lipinski definition) is 1. The molecule has 0 bridgehead atoms. The lowest BCUT2D eigenvalue weighted by molar-refractivity contribution is 0.159. The quantitative estimate of drug-likeness (QED) is 0.844. The summed E-state index contributed by atoms with van der Waals surface area (Å²) in [4.78, 5) is 21.8. The molecule has 0 aliphatic rings. The first-order valence-corrected chi connectivity index (χ1v) is 5.82. The Balaban J connectivity index is 2.46. The number of ether oxygens (including phenoxy) is 1. The van der Waals surface area contributed by atoms with Crippen LogP contribution in [0.4, 0.5) is 4.79 Å². The molecule has 100 valence electrons. The molecule has 0 aliphatic carbocycles. The van der Waals surface area contributed by atoms with E-state index in [2.05, 4.69) is 15.3 Å². The molecule has 0 aliphatic heterocycles. The Morgan fingerprint density at radius 2 is 2.00 bits per heavy atom. The lowest BCUT2D eigenvalue weighted by Gasteiger charge is -2.17. The highest BCUT2D eigenvalue weighted by atomic mass is 16.5. The van der Waals surface area contributed by atoms with Gasteiger partial charge in [0, 0.05) is 32.1 Å². The fourth-order valence-electron chi connectivity index (χ4n) is 1.50. The van der Waals surface area contributed by atoms with E-state index in [1.165, 1.54) is 0 Å². The molecule has 0 spiro atoms. The lowest BCUT2D eigenvalue weighted by atomic mass is 10.3. The van der Waals surface area contributed by atoms with Crippen molar-refractivity contribution < 1.29 is 9.53 Å². The van der Waals surface area contributed by atoms with Gasteiger partial charge in [-0.2, -0.15) is 0 Å². The van der Waals surface area contributed by atoms with Crippen LogP contribution in [0.1, 0.15) is 17.2 Å². The topological polar surface area (TPSA) is 67.3 Å². The van der Waals surface area contributed by atoms with Gasteiger partial charge >= 0.3 is 6.03 Å². The van der Waals surface area contributed by atoms with Crippen LogP contribution in [-0.2, 0) is 11.3 Å². The van der Waals surface area contributed by atoms with Gasteiger partial charge in [-0.05, 0) is 19.9 Å². The third-order valence-corrected chi connectivity index (χ3v) is 2.40. The predicted molar refractivity (Wildman–Crippen MR) is 68.2 cm³/mol. The minimum absolute atomic E-state index is 0.158. The van der Waals surface area contributed by atoms with Gasteiger partial charge in [0.25, 0.3) is 0 Å². The summed E-state index contributed by atoms with van der Waals surface area (Å²) in [6.07, 6.45) is 0. The van der Waals surface area contributed by atoms with Crippen LogP contribution in [0.25, 0.3) is 0 Å². The summed E-state index contributed by atoms with van der Waals surface area (Å²) in [6.45, 7) is 5.22. The second kappa shape index (κ2) is 6.90. The number of aryl methyl sites for hydroxylation is 2. The van der Waals surface area contributed by atoms with Crippen molar-refractivity contribution in [2.24, 2.45) is 0 Å². The van der Waals surface area contributed by atoms with E-state index in [9.17, 15) is 4.79 Å². The van der Waals surface area contributed by atoms with Crippen LogP contribution in [0.15, 0.2) is 6.07 Å². The first kappa shape index (κ1) is 14.4. The summed E-state index contributed by atoms with van der Waals surface area (Å²) in [5, 5.41) is 2.77. The van der Waals surface area contributed by atoms with E-state index < -0.39 is 0 Å². The molecule has 2 amide bonds. The number of nitrogens with zero attached hydrogens (tertiary/aromatic N) is 3. The number of nitrogens with one attached hydrogen (secondary N) is 1. The van der Waals surface area contributed by atoms with Crippen LogP contribution in [-0.4, -0.2) is 48.2 Å². The maximum absolute atomic E-state index is 11.7. The van der Waals surface area contributed by atoms with Crippen LogP contribution in [0, 0.1) is 13.8 Å². The number of rotatable bonds is 5. The Morgan fingerprint density at radius 3 is 2.56 bits per heavy atom. The molecular weight excluding hydrogens is 232 g/mol. The first-order chi connectivity index (χ1) is 8.52. The summed E-state index contributed by atoms with van der Waals surface area (Å²) < 4.78 is 4.91. The smallest absolute Gasteiger partial charge is 0.317 e. The van der Waals surface area contributed by atoms with Crippen molar-refractivity contribution in [3.05, 3.63) is 23.3 Å². The minimum Gasteiger partial charge on any atom is -0.383 e. The number of hydrogen-bond acceptors (Lipinski definition) is 4. The number of aromatic nitrogens is 2. The average molecular weight is 252 g/mol. The molecule has 6 nitrogen and oxygen atoms in total. The molecule has 1 aromatic heterocycles. The fourth-order valence-corrected chi connectivity index (χ4v) is 1.50. The molecule has 0 radical (unpaired) electrons. The molecule has 1 heterocycles. The zero-order valence-electron chi connectivity index (χ0n) is 11.4. The number of likely N-dealkylation sites (N-methyl/N-ethyl adjacent to an activating group) is 1. The molecule has 0 atom stereocenters. The highest BCUT2D eigenvalue weighted by molar-refractivity contribution is 5.73. The van der Waals surface area contributed by atoms with Gasteiger partial charge in [-0.1, -0.05) is 0 Å². The lowest BCUT2D eigenvalue weighted by Crippen LogP contribution is -2.38. The Kier molecular flexibility index (Phi) is 5.51. The van der Waals surface area contributed by atoms with Crippen molar-refractivity contribution in [2.45, 2.75) is 20.4 Å². The minimum atomic E-state index is -0.158. The standard InChI is InChI=1S/C12H20N4O2/c1-9-7-10(2)15-11(14-9)8-13-12(17)16(3)5-6-18-4/h7H,5-6,8H2,1-4H3,(H,13,17). The van der Waals surface area contributed by atoms with E-state index in [-0.39, 0.29) is 6.03 Å². The van der Waals surface area contributed by atoms with Crippen LogP contribution >= 0.6 is 0 Å². The van der Waals surface area contributed by atoms with Crippen molar-refractivity contribution in [2.75, 3.05) is 27.3 Å². The molecule has 18 heavy (non-hydrogen) atoms. The van der Waals surface area contributed by atoms with Gasteiger partial charge in [-0.25, -0.2) is 14.8 Å². The van der Waals surface area contributed by atoms with E-state index >= 15 is 0 Å². The van der Waals surface area contributed by atoms with E-state index in [0.29, 0.717) is 25.5 Å². The van der Waals surface area contributed by atoms with Gasteiger partial charge in [-0.3, -0.25) is 0 Å². The number of methoxy groups -OCH3 is 1. The largest absolute Gasteiger partial charge is 0.383 e. The molecular formula is C12H20N4O2. The van der Waals surface area contributed by atoms with Crippen LogP contribution in [0.2, 0.25) is 0 Å². The average Bonchev–Trinajstić information content (AvgIpc) is 2.31. The van der Waals surface area contributed by atoms with Crippen LogP contribution < -0.4 is 5.32 Å². The van der Waals surface area contributed by atoms with Crippen molar-refractivity contribution in [3.63, 3.8) is 0 Å². The monoisotopic (exact) mass is 252 g/mol. The predicted octanol–water partition coefficient (Wildman–Crippen LogP) is 0.881. The molecule has 1 rings (SSSR count). The van der Waals surface area contributed by atoms with E-state index in [1.54, 1.807) is 19.1 Å². The van der Waals surface area contributed by atoms with E-state index in [1.807, 2.05) is 19.9 Å². The zero-order chi connectivity index (χ0) is 13.5. The summed E-state index contributed by atoms with van der Waals surface area (Å²) in [6, 6.07) is 1.74. The summed E-state index contributed by atoms with van der Waals surface area (Å²) >= 11 is 0. The molecule has 0 saturated carbocycles. The highest BCUT2D eigenvalue weighted by Gasteiger charge is 2.08. The highest BCUT2D eigenvalue weighted by Crippen LogP contribution is 1.99. The maximum Gasteiger partial charge on any atom is 0.317 e. The zero-order valence-corrected chi connectivity index (χ0v) is 11.4. The van der Waals surface area contributed by atoms with Gasteiger partial charge in [0.1, 0.15) is 5.82 Å². The van der Waals surface area contributed by atoms with Crippen molar-refractivity contribution >= 4 is 6.03 Å². The van der Waals surface area contributed by atoms with Crippen molar-refractivity contribution in [1.82, 2.24) is 20.2 Å². The first-order valence-electron chi connectivity index (χ1n) is 5.82.